The van der Waals surface area contributed by atoms with Gasteiger partial charge in [0.05, 0.1) is 12.1 Å². The van der Waals surface area contributed by atoms with E-state index in [4.69, 9.17) is 5.73 Å². The maximum atomic E-state index is 14.3. The summed E-state index contributed by atoms with van der Waals surface area (Å²) in [4.78, 5) is 64.8. The Balaban J connectivity index is 1.91. The highest BCUT2D eigenvalue weighted by molar-refractivity contribution is 6.43. The van der Waals surface area contributed by atoms with Crippen LogP contribution in [-0.2, 0) is 14.4 Å². The van der Waals surface area contributed by atoms with Gasteiger partial charge in [0, 0.05) is 18.9 Å². The molecule has 2 aliphatic rings. The van der Waals surface area contributed by atoms with Crippen molar-refractivity contribution in [3.05, 3.63) is 36.9 Å². The van der Waals surface area contributed by atoms with Crippen LogP contribution in [0.2, 0.25) is 0 Å². The zero-order valence-electron chi connectivity index (χ0n) is 25.6. The van der Waals surface area contributed by atoms with Crippen molar-refractivity contribution in [2.24, 2.45) is 29.4 Å². The van der Waals surface area contributed by atoms with E-state index in [-0.39, 0.29) is 43.5 Å². The van der Waals surface area contributed by atoms with Crippen LogP contribution in [0.15, 0.2) is 31.2 Å². The number of aromatic nitrogens is 2. The van der Waals surface area contributed by atoms with Gasteiger partial charge in [0.25, 0.3) is 0 Å². The smallest absolute Gasteiger partial charge is 0.426 e. The molecular weight excluding hydrogens is 551 g/mol. The number of likely N-dealkylation sites (tertiary alicyclic amines) is 1. The van der Waals surface area contributed by atoms with Crippen LogP contribution in [0.4, 0.5) is 0 Å². The molecule has 12 nitrogen and oxygen atoms in total. The van der Waals surface area contributed by atoms with E-state index in [1.54, 1.807) is 6.92 Å². The molecule has 0 radical (unpaired) electrons. The zero-order valence-corrected chi connectivity index (χ0v) is 25.6. The minimum absolute atomic E-state index is 0.0327. The molecule has 2 heterocycles. The van der Waals surface area contributed by atoms with Gasteiger partial charge < -0.3 is 31.3 Å². The predicted molar refractivity (Wildman–Crippen MR) is 162 cm³/mol. The Kier molecular flexibility index (Phi) is 12.4. The summed E-state index contributed by atoms with van der Waals surface area (Å²) in [5.41, 5.74) is 4.57. The lowest BCUT2D eigenvalue weighted by Crippen LogP contribution is -2.62. The molecule has 0 bridgehead atoms. The number of hydrogen-bond acceptors (Lipinski definition) is 9. The normalized spacial score (nSPS) is 22.0. The van der Waals surface area contributed by atoms with Gasteiger partial charge in [-0.2, -0.15) is 0 Å². The zero-order chi connectivity index (χ0) is 31.7. The summed E-state index contributed by atoms with van der Waals surface area (Å²) in [6.45, 7) is 9.25. The molecule has 1 aliphatic heterocycles. The van der Waals surface area contributed by atoms with E-state index >= 15 is 0 Å². The lowest BCUT2D eigenvalue weighted by atomic mass is 9.77. The highest BCUT2D eigenvalue weighted by Gasteiger charge is 2.54. The SMILES string of the molecule is C=CC[C@H](NC(=O)[C@H](CC1CCCCC1)N1CCC(NC(=O)[C@@H](C(=O)c2cnccn2)C(C)CN)(C(C)C)C1=O)B(O)O. The van der Waals surface area contributed by atoms with Gasteiger partial charge in [-0.25, -0.2) is 4.98 Å². The third-order valence-electron chi connectivity index (χ3n) is 9.11. The maximum Gasteiger partial charge on any atom is 0.475 e. The van der Waals surface area contributed by atoms with Crippen LogP contribution in [0.3, 0.4) is 0 Å². The van der Waals surface area contributed by atoms with E-state index in [1.165, 1.54) is 29.6 Å². The van der Waals surface area contributed by atoms with Crippen molar-refractivity contribution in [2.75, 3.05) is 13.1 Å². The molecule has 2 fully saturated rings. The van der Waals surface area contributed by atoms with Gasteiger partial charge in [-0.1, -0.05) is 59.0 Å². The number of amides is 3. The fraction of sp³-hybridized carbons (Fsp3) is 0.667. The molecule has 3 rings (SSSR count). The minimum Gasteiger partial charge on any atom is -0.426 e. The molecule has 1 aliphatic carbocycles. The second-order valence-electron chi connectivity index (χ2n) is 12.3. The molecule has 1 aromatic rings. The van der Waals surface area contributed by atoms with Crippen molar-refractivity contribution < 1.29 is 29.2 Å². The molecule has 6 N–H and O–H groups in total. The number of nitrogens with two attached hydrogens (primary N) is 1. The number of Topliss-reactive ketones (excluding diaryl/α,β-unsaturated/α-hetero) is 1. The van der Waals surface area contributed by atoms with Gasteiger partial charge in [-0.3, -0.25) is 24.2 Å². The molecule has 2 unspecified atom stereocenters. The Morgan fingerprint density at radius 1 is 1.19 bits per heavy atom. The lowest BCUT2D eigenvalue weighted by Gasteiger charge is -2.37. The van der Waals surface area contributed by atoms with Crippen molar-refractivity contribution in [3.63, 3.8) is 0 Å². The summed E-state index contributed by atoms with van der Waals surface area (Å²) in [6.07, 6.45) is 11.5. The summed E-state index contributed by atoms with van der Waals surface area (Å²) in [5, 5.41) is 25.3. The number of nitrogens with one attached hydrogen (secondary N) is 2. The molecule has 43 heavy (non-hydrogen) atoms. The number of rotatable bonds is 15. The lowest BCUT2D eigenvalue weighted by molar-refractivity contribution is -0.145. The van der Waals surface area contributed by atoms with Gasteiger partial charge in [0.1, 0.15) is 23.2 Å². The van der Waals surface area contributed by atoms with Crippen LogP contribution in [0.1, 0.15) is 82.6 Å². The van der Waals surface area contributed by atoms with Gasteiger partial charge in [0.15, 0.2) is 5.78 Å². The van der Waals surface area contributed by atoms with Crippen LogP contribution >= 0.6 is 0 Å². The Hall–Kier alpha value is -3.16. The summed E-state index contributed by atoms with van der Waals surface area (Å²) in [7, 11) is -1.80. The Morgan fingerprint density at radius 2 is 1.88 bits per heavy atom. The molecule has 3 amide bonds. The Morgan fingerprint density at radius 3 is 2.44 bits per heavy atom. The minimum atomic E-state index is -1.80. The van der Waals surface area contributed by atoms with Crippen LogP contribution < -0.4 is 16.4 Å². The van der Waals surface area contributed by atoms with Crippen molar-refractivity contribution in [1.29, 1.82) is 0 Å². The summed E-state index contributed by atoms with van der Waals surface area (Å²) >= 11 is 0. The Labute approximate surface area is 254 Å². The first-order valence-corrected chi connectivity index (χ1v) is 15.4. The molecule has 0 spiro atoms. The molecule has 5 atom stereocenters. The van der Waals surface area contributed by atoms with Crippen LogP contribution in [0.5, 0.6) is 0 Å². The summed E-state index contributed by atoms with van der Waals surface area (Å²) in [6, 6.07) is -0.862. The monoisotopic (exact) mass is 598 g/mol. The largest absolute Gasteiger partial charge is 0.475 e. The first-order chi connectivity index (χ1) is 20.5. The van der Waals surface area contributed by atoms with Gasteiger partial charge in [-0.05, 0) is 43.6 Å². The molecular formula is C30H47BN6O6. The number of carbonyl (C=O) groups excluding carboxylic acids is 4. The molecule has 13 heteroatoms. The molecule has 0 aromatic carbocycles. The van der Waals surface area contributed by atoms with Crippen LogP contribution in [0, 0.1) is 23.7 Å². The first kappa shape index (κ1) is 34.3. The van der Waals surface area contributed by atoms with Gasteiger partial charge >= 0.3 is 7.12 Å². The van der Waals surface area contributed by atoms with E-state index in [0.717, 1.165) is 32.1 Å². The summed E-state index contributed by atoms with van der Waals surface area (Å²) < 4.78 is 0. The molecule has 1 saturated carbocycles. The Bertz CT molecular complexity index is 1130. The second kappa shape index (κ2) is 15.5. The standard InChI is InChI=1S/C30H47BN6O6/c1-5-9-24(31(42)43)35-27(39)23(16-21-10-7-6-8-11-21)37-15-12-30(19(2)3,29(37)41)36-28(40)25(20(4)17-32)26(38)22-18-33-13-14-34-22/h5,13-14,18-21,23-25,42-43H,1,6-12,15-17,32H2,2-4H3,(H,35,39)(H,36,40)/t20?,23-,24-,25+,30?/m0/s1. The average Bonchev–Trinajstić information content (AvgIpc) is 3.32. The third kappa shape index (κ3) is 8.07. The second-order valence-corrected chi connectivity index (χ2v) is 12.3. The van der Waals surface area contributed by atoms with Gasteiger partial charge in [-0.15, -0.1) is 6.58 Å². The summed E-state index contributed by atoms with van der Waals surface area (Å²) in [5.74, 6) is -4.86. The van der Waals surface area contributed by atoms with E-state index in [9.17, 15) is 29.2 Å². The van der Waals surface area contributed by atoms with E-state index < -0.39 is 60.0 Å². The van der Waals surface area contributed by atoms with Crippen molar-refractivity contribution >= 4 is 30.6 Å². The van der Waals surface area contributed by atoms with Crippen molar-refractivity contribution in [1.82, 2.24) is 25.5 Å². The van der Waals surface area contributed by atoms with E-state index in [0.29, 0.717) is 6.42 Å². The quantitative estimate of drug-likeness (QED) is 0.0850. The number of hydrogen-bond donors (Lipinski definition) is 5. The van der Waals surface area contributed by atoms with Crippen molar-refractivity contribution in [2.45, 2.75) is 89.7 Å². The third-order valence-corrected chi connectivity index (χ3v) is 9.11. The maximum absolute atomic E-state index is 14.3. The molecule has 1 aromatic heterocycles. The van der Waals surface area contributed by atoms with Crippen LogP contribution in [-0.4, -0.2) is 86.2 Å². The number of carbonyl (C=O) groups is 4. The van der Waals surface area contributed by atoms with Gasteiger partial charge in [0.2, 0.25) is 17.7 Å². The predicted octanol–water partition coefficient (Wildman–Crippen LogP) is 1.03. The molecule has 1 saturated heterocycles. The fourth-order valence-corrected chi connectivity index (χ4v) is 6.34. The first-order valence-electron chi connectivity index (χ1n) is 15.4. The topological polar surface area (TPSA) is 188 Å². The highest BCUT2D eigenvalue weighted by Crippen LogP contribution is 2.36. The van der Waals surface area contributed by atoms with E-state index in [1.807, 2.05) is 13.8 Å². The highest BCUT2D eigenvalue weighted by atomic mass is 16.4. The van der Waals surface area contributed by atoms with Crippen molar-refractivity contribution in [3.8, 4) is 0 Å². The molecule has 236 valence electrons. The van der Waals surface area contributed by atoms with Crippen LogP contribution in [0.25, 0.3) is 0 Å². The number of nitrogens with zero attached hydrogens (tertiary/aromatic N) is 3. The fourth-order valence-electron chi connectivity index (χ4n) is 6.34. The number of ketones is 1. The van der Waals surface area contributed by atoms with E-state index in [2.05, 4.69) is 27.2 Å². The average molecular weight is 599 g/mol.